The number of hydrogen-bond donors (Lipinski definition) is 1. The monoisotopic (exact) mass is 345 g/mol. The Bertz CT molecular complexity index is 654. The van der Waals surface area contributed by atoms with Gasteiger partial charge in [0.1, 0.15) is 0 Å². The summed E-state index contributed by atoms with van der Waals surface area (Å²) >= 11 is 1.70. The van der Waals surface area contributed by atoms with Crippen LogP contribution < -0.4 is 5.32 Å². The highest BCUT2D eigenvalue weighted by Crippen LogP contribution is 2.26. The van der Waals surface area contributed by atoms with Gasteiger partial charge in [-0.05, 0) is 31.9 Å². The fourth-order valence-electron chi connectivity index (χ4n) is 2.80. The molecule has 0 bridgehead atoms. The van der Waals surface area contributed by atoms with Crippen LogP contribution in [0.15, 0.2) is 47.9 Å². The van der Waals surface area contributed by atoms with Crippen molar-refractivity contribution in [2.75, 3.05) is 12.4 Å². The third-order valence-electron chi connectivity index (χ3n) is 4.00. The third-order valence-corrected chi connectivity index (χ3v) is 5.21. The largest absolute Gasteiger partial charge is 0.377 e. The van der Waals surface area contributed by atoms with E-state index in [-0.39, 0.29) is 11.9 Å². The Labute approximate surface area is 146 Å². The number of amides is 1. The second-order valence-corrected chi connectivity index (χ2v) is 7.14. The van der Waals surface area contributed by atoms with E-state index in [0.717, 1.165) is 35.7 Å². The van der Waals surface area contributed by atoms with Gasteiger partial charge < -0.3 is 14.6 Å². The summed E-state index contributed by atoms with van der Waals surface area (Å²) in [4.78, 5) is 17.7. The van der Waals surface area contributed by atoms with Gasteiger partial charge in [0.15, 0.2) is 0 Å². The van der Waals surface area contributed by atoms with E-state index >= 15 is 0 Å². The van der Waals surface area contributed by atoms with Gasteiger partial charge in [-0.2, -0.15) is 0 Å². The molecule has 0 radical (unpaired) electrons. The van der Waals surface area contributed by atoms with E-state index in [1.807, 2.05) is 42.0 Å². The van der Waals surface area contributed by atoms with Crippen molar-refractivity contribution >= 4 is 17.7 Å². The normalized spacial score (nSPS) is 18.5. The summed E-state index contributed by atoms with van der Waals surface area (Å²) < 4.78 is 7.63. The van der Waals surface area contributed by atoms with Gasteiger partial charge in [-0.15, -0.1) is 11.8 Å². The first-order valence-corrected chi connectivity index (χ1v) is 9.31. The Morgan fingerprint density at radius 3 is 3.12 bits per heavy atom. The van der Waals surface area contributed by atoms with Crippen molar-refractivity contribution in [3.8, 4) is 0 Å². The average molecular weight is 345 g/mol. The van der Waals surface area contributed by atoms with Crippen LogP contribution in [-0.4, -0.2) is 40.0 Å². The van der Waals surface area contributed by atoms with Gasteiger partial charge in [0.25, 0.3) is 5.91 Å². The molecule has 1 fully saturated rings. The molecule has 0 saturated carbocycles. The SMILES string of the molecule is C[C@@H](Cn1ccnc1)NC(=O)c1ccccc1SC[C@@H]1CCCO1. The topological polar surface area (TPSA) is 56.2 Å². The van der Waals surface area contributed by atoms with Crippen LogP contribution in [-0.2, 0) is 11.3 Å². The van der Waals surface area contributed by atoms with E-state index in [9.17, 15) is 4.79 Å². The van der Waals surface area contributed by atoms with E-state index in [1.54, 1.807) is 24.3 Å². The second kappa shape index (κ2) is 8.35. The molecule has 1 aromatic carbocycles. The molecule has 2 aromatic rings. The number of aromatic nitrogens is 2. The van der Waals surface area contributed by atoms with E-state index in [0.29, 0.717) is 12.6 Å². The van der Waals surface area contributed by atoms with Crippen molar-refractivity contribution in [3.63, 3.8) is 0 Å². The van der Waals surface area contributed by atoms with Crippen LogP contribution in [0.4, 0.5) is 0 Å². The highest BCUT2D eigenvalue weighted by Gasteiger charge is 2.18. The van der Waals surface area contributed by atoms with Crippen molar-refractivity contribution in [2.45, 2.75) is 43.4 Å². The minimum absolute atomic E-state index is 0.0296. The highest BCUT2D eigenvalue weighted by atomic mass is 32.2. The molecule has 1 aliphatic heterocycles. The van der Waals surface area contributed by atoms with Crippen molar-refractivity contribution in [2.24, 2.45) is 0 Å². The summed E-state index contributed by atoms with van der Waals surface area (Å²) in [7, 11) is 0. The number of benzene rings is 1. The van der Waals surface area contributed by atoms with Gasteiger partial charge in [0.2, 0.25) is 0 Å². The van der Waals surface area contributed by atoms with Crippen molar-refractivity contribution in [1.29, 1.82) is 0 Å². The van der Waals surface area contributed by atoms with Crippen LogP contribution >= 0.6 is 11.8 Å². The van der Waals surface area contributed by atoms with Gasteiger partial charge in [0, 0.05) is 42.2 Å². The lowest BCUT2D eigenvalue weighted by Crippen LogP contribution is -2.35. The van der Waals surface area contributed by atoms with Gasteiger partial charge >= 0.3 is 0 Å². The van der Waals surface area contributed by atoms with Crippen LogP contribution in [0.25, 0.3) is 0 Å². The first-order valence-electron chi connectivity index (χ1n) is 8.32. The standard InChI is InChI=1S/C18H23N3O2S/c1-14(11-21-9-8-19-13-21)20-18(22)16-6-2-3-7-17(16)24-12-15-5-4-10-23-15/h2-3,6-9,13-15H,4-5,10-12H2,1H3,(H,20,22)/t14-,15-/m0/s1. The lowest BCUT2D eigenvalue weighted by atomic mass is 10.2. The van der Waals surface area contributed by atoms with E-state index in [4.69, 9.17) is 4.74 Å². The van der Waals surface area contributed by atoms with Crippen LogP contribution in [0.2, 0.25) is 0 Å². The van der Waals surface area contributed by atoms with E-state index < -0.39 is 0 Å². The van der Waals surface area contributed by atoms with Gasteiger partial charge in [-0.1, -0.05) is 12.1 Å². The lowest BCUT2D eigenvalue weighted by Gasteiger charge is -2.16. The maximum atomic E-state index is 12.6. The molecule has 0 unspecified atom stereocenters. The fraction of sp³-hybridized carbons (Fsp3) is 0.444. The Morgan fingerprint density at radius 1 is 1.50 bits per heavy atom. The molecule has 1 amide bonds. The number of nitrogens with one attached hydrogen (secondary N) is 1. The summed E-state index contributed by atoms with van der Waals surface area (Å²) in [5.74, 6) is 0.868. The first kappa shape index (κ1) is 17.0. The zero-order valence-corrected chi connectivity index (χ0v) is 14.7. The number of rotatable bonds is 7. The molecule has 6 heteroatoms. The number of nitrogens with zero attached hydrogens (tertiary/aromatic N) is 2. The summed E-state index contributed by atoms with van der Waals surface area (Å²) in [5.41, 5.74) is 0.734. The molecule has 5 nitrogen and oxygen atoms in total. The van der Waals surface area contributed by atoms with E-state index in [2.05, 4.69) is 10.3 Å². The smallest absolute Gasteiger partial charge is 0.252 e. The van der Waals surface area contributed by atoms with Crippen molar-refractivity contribution in [3.05, 3.63) is 48.5 Å². The molecule has 2 atom stereocenters. The Morgan fingerprint density at radius 2 is 2.38 bits per heavy atom. The number of hydrogen-bond acceptors (Lipinski definition) is 4. The first-order chi connectivity index (χ1) is 11.7. The maximum Gasteiger partial charge on any atom is 0.252 e. The quantitative estimate of drug-likeness (QED) is 0.784. The molecule has 1 aromatic heterocycles. The number of thioether (sulfide) groups is 1. The predicted molar refractivity (Wildman–Crippen MR) is 95.3 cm³/mol. The molecule has 3 rings (SSSR count). The average Bonchev–Trinajstić information content (AvgIpc) is 3.26. The molecule has 128 valence electrons. The summed E-state index contributed by atoms with van der Waals surface area (Å²) in [6.07, 6.45) is 7.96. The lowest BCUT2D eigenvalue weighted by molar-refractivity contribution is 0.0933. The molecule has 2 heterocycles. The summed E-state index contributed by atoms with van der Waals surface area (Å²) in [5, 5.41) is 3.07. The zero-order chi connectivity index (χ0) is 16.8. The van der Waals surface area contributed by atoms with Crippen molar-refractivity contribution < 1.29 is 9.53 Å². The number of imidazole rings is 1. The van der Waals surface area contributed by atoms with Crippen molar-refractivity contribution in [1.82, 2.24) is 14.9 Å². The minimum Gasteiger partial charge on any atom is -0.377 e. The summed E-state index contributed by atoms with van der Waals surface area (Å²) in [6.45, 7) is 3.57. The molecular weight excluding hydrogens is 322 g/mol. The van der Waals surface area contributed by atoms with Gasteiger partial charge in [0.05, 0.1) is 18.0 Å². The minimum atomic E-state index is -0.0296. The molecular formula is C18H23N3O2S. The fourth-order valence-corrected chi connectivity index (χ4v) is 3.92. The zero-order valence-electron chi connectivity index (χ0n) is 13.9. The number of ether oxygens (including phenoxy) is 1. The second-order valence-electron chi connectivity index (χ2n) is 6.08. The third kappa shape index (κ3) is 4.61. The highest BCUT2D eigenvalue weighted by molar-refractivity contribution is 7.99. The van der Waals surface area contributed by atoms with Gasteiger partial charge in [-0.3, -0.25) is 4.79 Å². The molecule has 1 saturated heterocycles. The van der Waals surface area contributed by atoms with Crippen LogP contribution in [0.3, 0.4) is 0 Å². The van der Waals surface area contributed by atoms with Crippen LogP contribution in [0.5, 0.6) is 0 Å². The van der Waals surface area contributed by atoms with Gasteiger partial charge in [-0.25, -0.2) is 4.98 Å². The molecule has 1 N–H and O–H groups in total. The molecule has 0 spiro atoms. The van der Waals surface area contributed by atoms with Crippen LogP contribution in [0.1, 0.15) is 30.1 Å². The van der Waals surface area contributed by atoms with Crippen LogP contribution in [0, 0.1) is 0 Å². The maximum absolute atomic E-state index is 12.6. The Kier molecular flexibility index (Phi) is 5.93. The van der Waals surface area contributed by atoms with E-state index in [1.165, 1.54) is 0 Å². The predicted octanol–water partition coefficient (Wildman–Crippen LogP) is 2.97. The summed E-state index contributed by atoms with van der Waals surface area (Å²) in [6, 6.07) is 7.81. The Hall–Kier alpha value is -1.79. The number of carbonyl (C=O) groups excluding carboxylic acids is 1. The molecule has 0 aliphatic carbocycles. The molecule has 24 heavy (non-hydrogen) atoms. The molecule has 1 aliphatic rings. The Balaban J connectivity index is 1.59. The number of carbonyl (C=O) groups is 1.